The summed E-state index contributed by atoms with van der Waals surface area (Å²) in [6, 6.07) is 23.7. The molecule has 2 atom stereocenters. The lowest BCUT2D eigenvalue weighted by atomic mass is 9.76. The zero-order valence-corrected chi connectivity index (χ0v) is 21.7. The maximum absolute atomic E-state index is 6.65. The van der Waals surface area contributed by atoms with Crippen LogP contribution in [0.3, 0.4) is 0 Å². The second kappa shape index (κ2) is 11.0. The average Bonchev–Trinajstić information content (AvgIpc) is 2.82. The van der Waals surface area contributed by atoms with E-state index in [1.165, 1.54) is 42.0 Å². The van der Waals surface area contributed by atoms with Gasteiger partial charge in [-0.3, -0.25) is 0 Å². The van der Waals surface area contributed by atoms with E-state index in [2.05, 4.69) is 101 Å². The first-order chi connectivity index (χ1) is 16.3. The molecular formula is C32H42O2. The van der Waals surface area contributed by atoms with E-state index in [9.17, 15) is 0 Å². The van der Waals surface area contributed by atoms with Crippen molar-refractivity contribution < 1.29 is 9.47 Å². The van der Waals surface area contributed by atoms with Crippen LogP contribution in [0.5, 0.6) is 5.75 Å². The number of hydrogen-bond donors (Lipinski definition) is 0. The van der Waals surface area contributed by atoms with Gasteiger partial charge in [-0.1, -0.05) is 108 Å². The van der Waals surface area contributed by atoms with Crippen LogP contribution in [-0.2, 0) is 4.74 Å². The summed E-state index contributed by atoms with van der Waals surface area (Å²) in [5, 5.41) is 2.42. The first-order valence-corrected chi connectivity index (χ1v) is 13.2. The van der Waals surface area contributed by atoms with Gasteiger partial charge < -0.3 is 9.47 Å². The Morgan fingerprint density at radius 2 is 1.50 bits per heavy atom. The fourth-order valence-corrected chi connectivity index (χ4v) is 5.31. The van der Waals surface area contributed by atoms with Gasteiger partial charge in [0, 0.05) is 5.56 Å². The molecule has 34 heavy (non-hydrogen) atoms. The van der Waals surface area contributed by atoms with Crippen LogP contribution in [0.1, 0.15) is 96.5 Å². The average molecular weight is 459 g/mol. The molecule has 1 aliphatic rings. The van der Waals surface area contributed by atoms with Gasteiger partial charge in [-0.2, -0.15) is 0 Å². The highest BCUT2D eigenvalue weighted by atomic mass is 16.7. The van der Waals surface area contributed by atoms with Gasteiger partial charge in [0.15, 0.2) is 0 Å². The van der Waals surface area contributed by atoms with Crippen molar-refractivity contribution in [3.63, 3.8) is 0 Å². The van der Waals surface area contributed by atoms with Crippen LogP contribution < -0.4 is 4.74 Å². The van der Waals surface area contributed by atoms with Crippen LogP contribution in [-0.4, -0.2) is 6.10 Å². The van der Waals surface area contributed by atoms with Crippen molar-refractivity contribution in [2.45, 2.75) is 91.5 Å². The van der Waals surface area contributed by atoms with E-state index in [-0.39, 0.29) is 6.10 Å². The Balaban J connectivity index is 1.60. The Hall–Kier alpha value is -2.32. The summed E-state index contributed by atoms with van der Waals surface area (Å²) >= 11 is 0. The molecular weight excluding hydrogens is 416 g/mol. The summed E-state index contributed by atoms with van der Waals surface area (Å²) < 4.78 is 13.2. The van der Waals surface area contributed by atoms with Crippen LogP contribution in [0.25, 0.3) is 10.8 Å². The zero-order chi connectivity index (χ0) is 24.1. The predicted octanol–water partition coefficient (Wildman–Crippen LogP) is 9.44. The number of ether oxygens (including phenoxy) is 2. The highest BCUT2D eigenvalue weighted by Gasteiger charge is 2.25. The summed E-state index contributed by atoms with van der Waals surface area (Å²) in [6.45, 7) is 11.6. The van der Waals surface area contributed by atoms with Crippen LogP contribution >= 0.6 is 0 Å². The largest absolute Gasteiger partial charge is 0.461 e. The van der Waals surface area contributed by atoms with Crippen molar-refractivity contribution in [2.75, 3.05) is 0 Å². The maximum Gasteiger partial charge on any atom is 0.227 e. The Kier molecular flexibility index (Phi) is 7.99. The lowest BCUT2D eigenvalue weighted by Crippen LogP contribution is -2.23. The minimum atomic E-state index is -0.407. The van der Waals surface area contributed by atoms with E-state index in [1.54, 1.807) is 0 Å². The number of rotatable bonds is 8. The third kappa shape index (κ3) is 6.42. The Labute approximate surface area is 206 Å². The van der Waals surface area contributed by atoms with Crippen molar-refractivity contribution in [3.8, 4) is 5.75 Å². The lowest BCUT2D eigenvalue weighted by Gasteiger charge is -2.30. The molecule has 1 fully saturated rings. The van der Waals surface area contributed by atoms with Gasteiger partial charge in [-0.05, 0) is 65.0 Å². The second-order valence-electron chi connectivity index (χ2n) is 11.6. The molecule has 3 aromatic carbocycles. The molecule has 1 aliphatic carbocycles. The van der Waals surface area contributed by atoms with E-state index in [4.69, 9.17) is 9.47 Å². The van der Waals surface area contributed by atoms with Gasteiger partial charge in [0.05, 0.1) is 6.10 Å². The molecule has 0 radical (unpaired) electrons. The molecule has 0 aromatic heterocycles. The Morgan fingerprint density at radius 1 is 0.824 bits per heavy atom. The number of benzene rings is 3. The van der Waals surface area contributed by atoms with Crippen molar-refractivity contribution in [1.29, 1.82) is 0 Å². The third-order valence-electron chi connectivity index (χ3n) is 7.13. The van der Waals surface area contributed by atoms with Gasteiger partial charge >= 0.3 is 0 Å². The summed E-state index contributed by atoms with van der Waals surface area (Å²) in [4.78, 5) is 0. The van der Waals surface area contributed by atoms with Crippen LogP contribution in [0, 0.1) is 11.3 Å². The third-order valence-corrected chi connectivity index (χ3v) is 7.13. The van der Waals surface area contributed by atoms with Crippen molar-refractivity contribution in [1.82, 2.24) is 0 Å². The molecule has 182 valence electrons. The minimum absolute atomic E-state index is 0.258. The summed E-state index contributed by atoms with van der Waals surface area (Å²) in [6.07, 6.45) is 7.06. The van der Waals surface area contributed by atoms with Gasteiger partial charge in [0.1, 0.15) is 5.75 Å². The predicted molar refractivity (Wildman–Crippen MR) is 143 cm³/mol. The molecule has 1 saturated carbocycles. The minimum Gasteiger partial charge on any atom is -0.461 e. The maximum atomic E-state index is 6.65. The highest BCUT2D eigenvalue weighted by Crippen LogP contribution is 2.38. The molecule has 0 bridgehead atoms. The van der Waals surface area contributed by atoms with E-state index in [0.29, 0.717) is 17.3 Å². The van der Waals surface area contributed by atoms with Crippen molar-refractivity contribution >= 4 is 10.8 Å². The molecule has 4 rings (SSSR count). The molecule has 0 saturated heterocycles. The standard InChI is InChI=1S/C32H42O2/c1-23(2)30(22-32(3,4)5)25-18-20-27(21-19-25)34-31(33-26-14-7-6-8-15-26)29-17-11-13-24-12-9-10-16-28(24)29/h9-13,16-21,23,26,30-31H,6-8,14-15,22H2,1-5H3. The fourth-order valence-electron chi connectivity index (χ4n) is 5.31. The molecule has 0 amide bonds. The molecule has 2 heteroatoms. The van der Waals surface area contributed by atoms with Crippen LogP contribution in [0.15, 0.2) is 66.7 Å². The van der Waals surface area contributed by atoms with E-state index >= 15 is 0 Å². The van der Waals surface area contributed by atoms with Crippen molar-refractivity contribution in [2.24, 2.45) is 11.3 Å². The lowest BCUT2D eigenvalue weighted by molar-refractivity contribution is -0.131. The molecule has 0 heterocycles. The molecule has 0 N–H and O–H groups in total. The van der Waals surface area contributed by atoms with Gasteiger partial charge in [0.25, 0.3) is 0 Å². The Bertz CT molecular complexity index is 1030. The summed E-state index contributed by atoms with van der Waals surface area (Å²) in [5.41, 5.74) is 2.81. The monoisotopic (exact) mass is 458 g/mol. The van der Waals surface area contributed by atoms with Crippen LogP contribution in [0.4, 0.5) is 0 Å². The molecule has 2 nitrogen and oxygen atoms in total. The van der Waals surface area contributed by atoms with Gasteiger partial charge in [0.2, 0.25) is 6.29 Å². The smallest absolute Gasteiger partial charge is 0.227 e. The first-order valence-electron chi connectivity index (χ1n) is 13.2. The van der Waals surface area contributed by atoms with Gasteiger partial charge in [-0.15, -0.1) is 0 Å². The van der Waals surface area contributed by atoms with Crippen LogP contribution in [0.2, 0.25) is 0 Å². The van der Waals surface area contributed by atoms with E-state index < -0.39 is 6.29 Å². The SMILES string of the molecule is CC(C)C(CC(C)(C)C)c1ccc(OC(OC2CCCCC2)c2cccc3ccccc23)cc1. The molecule has 0 spiro atoms. The number of fused-ring (bicyclic) bond motifs is 1. The molecule has 0 aliphatic heterocycles. The van der Waals surface area contributed by atoms with E-state index in [0.717, 1.165) is 24.2 Å². The topological polar surface area (TPSA) is 18.5 Å². The van der Waals surface area contributed by atoms with Crippen molar-refractivity contribution in [3.05, 3.63) is 77.9 Å². The zero-order valence-electron chi connectivity index (χ0n) is 21.7. The number of hydrogen-bond acceptors (Lipinski definition) is 2. The first kappa shape index (κ1) is 24.8. The summed E-state index contributed by atoms with van der Waals surface area (Å²) in [5.74, 6) is 2.02. The van der Waals surface area contributed by atoms with E-state index in [1.807, 2.05) is 0 Å². The molecule has 2 unspecified atom stereocenters. The normalized spacial score (nSPS) is 17.1. The summed E-state index contributed by atoms with van der Waals surface area (Å²) in [7, 11) is 0. The van der Waals surface area contributed by atoms with Gasteiger partial charge in [-0.25, -0.2) is 0 Å². The molecule has 3 aromatic rings. The highest BCUT2D eigenvalue weighted by molar-refractivity contribution is 5.85. The second-order valence-corrected chi connectivity index (χ2v) is 11.6. The Morgan fingerprint density at radius 3 is 2.18 bits per heavy atom. The quantitative estimate of drug-likeness (QED) is 0.313. The fraction of sp³-hybridized carbons (Fsp3) is 0.500.